The molecular weight excluding hydrogens is 285 g/mol. The number of alkyl halides is 3. The van der Waals surface area contributed by atoms with Crippen LogP contribution in [0, 0.1) is 0 Å². The fraction of sp³-hybridized carbons (Fsp3) is 0.286. The van der Waals surface area contributed by atoms with E-state index in [4.69, 9.17) is 4.74 Å². The number of hydrogen-bond donors (Lipinski definition) is 1. The third-order valence-corrected chi connectivity index (χ3v) is 2.76. The van der Waals surface area contributed by atoms with Crippen molar-refractivity contribution < 1.29 is 17.9 Å². The van der Waals surface area contributed by atoms with Crippen LogP contribution in [0.2, 0.25) is 0 Å². The molecule has 0 saturated heterocycles. The molecule has 7 heteroatoms. The number of rotatable bonds is 4. The monoisotopic (exact) mass is 298 g/mol. The lowest BCUT2D eigenvalue weighted by Crippen LogP contribution is -2.14. The lowest BCUT2D eigenvalue weighted by atomic mass is 10.1. The van der Waals surface area contributed by atoms with Gasteiger partial charge in [-0.1, -0.05) is 18.2 Å². The van der Waals surface area contributed by atoms with Gasteiger partial charge < -0.3 is 9.72 Å². The number of halogens is 3. The van der Waals surface area contributed by atoms with E-state index in [-0.39, 0.29) is 18.6 Å². The minimum Gasteiger partial charge on any atom is -0.378 e. The number of aromatic nitrogens is 2. The lowest BCUT2D eigenvalue weighted by molar-refractivity contribution is -0.137. The van der Waals surface area contributed by atoms with Gasteiger partial charge in [0.15, 0.2) is 0 Å². The van der Waals surface area contributed by atoms with Crippen molar-refractivity contribution in [3.05, 3.63) is 63.3 Å². The molecule has 0 saturated carbocycles. The maximum atomic E-state index is 12.6. The Morgan fingerprint density at radius 3 is 2.71 bits per heavy atom. The number of H-pyrrole nitrogens is 1. The van der Waals surface area contributed by atoms with Crippen LogP contribution in [0.3, 0.4) is 0 Å². The Hall–Kier alpha value is -2.15. The molecule has 0 spiro atoms. The highest BCUT2D eigenvalue weighted by molar-refractivity contribution is 5.27. The van der Waals surface area contributed by atoms with Crippen LogP contribution < -0.4 is 5.56 Å². The molecule has 1 aromatic carbocycles. The van der Waals surface area contributed by atoms with E-state index < -0.39 is 11.7 Å². The number of ether oxygens (including phenoxy) is 1. The number of nitrogens with zero attached hydrogens (tertiary/aromatic N) is 1. The Morgan fingerprint density at radius 1 is 1.29 bits per heavy atom. The molecule has 21 heavy (non-hydrogen) atoms. The second-order valence-electron chi connectivity index (χ2n) is 4.49. The minimum atomic E-state index is -4.39. The summed E-state index contributed by atoms with van der Waals surface area (Å²) in [7, 11) is 1.47. The summed E-state index contributed by atoms with van der Waals surface area (Å²) in [5, 5.41) is 0. The molecule has 0 fully saturated rings. The third-order valence-electron chi connectivity index (χ3n) is 2.76. The van der Waals surface area contributed by atoms with Crippen molar-refractivity contribution in [3.63, 3.8) is 0 Å². The lowest BCUT2D eigenvalue weighted by Gasteiger charge is -2.09. The highest BCUT2D eigenvalue weighted by Crippen LogP contribution is 2.29. The van der Waals surface area contributed by atoms with E-state index >= 15 is 0 Å². The van der Waals surface area contributed by atoms with Crippen molar-refractivity contribution in [1.82, 2.24) is 9.97 Å². The van der Waals surface area contributed by atoms with Crippen LogP contribution in [0.25, 0.3) is 0 Å². The summed E-state index contributed by atoms with van der Waals surface area (Å²) in [4.78, 5) is 18.1. The van der Waals surface area contributed by atoms with Crippen LogP contribution >= 0.6 is 0 Å². The van der Waals surface area contributed by atoms with Crippen molar-refractivity contribution in [2.75, 3.05) is 7.11 Å². The third kappa shape index (κ3) is 4.16. The summed E-state index contributed by atoms with van der Waals surface area (Å²) in [5.74, 6) is 0.300. The number of aromatic amines is 1. The molecule has 2 rings (SSSR count). The summed E-state index contributed by atoms with van der Waals surface area (Å²) >= 11 is 0. The average Bonchev–Trinajstić information content (AvgIpc) is 2.37. The zero-order valence-corrected chi connectivity index (χ0v) is 11.2. The Morgan fingerprint density at radius 2 is 2.05 bits per heavy atom. The van der Waals surface area contributed by atoms with Crippen molar-refractivity contribution in [3.8, 4) is 0 Å². The summed E-state index contributed by atoms with van der Waals surface area (Å²) in [6.45, 7) is 0.166. The van der Waals surface area contributed by atoms with E-state index in [1.54, 1.807) is 6.07 Å². The molecule has 1 aromatic heterocycles. The van der Waals surface area contributed by atoms with Crippen molar-refractivity contribution >= 4 is 0 Å². The van der Waals surface area contributed by atoms with Gasteiger partial charge in [0.2, 0.25) is 0 Å². The predicted molar refractivity (Wildman–Crippen MR) is 69.8 cm³/mol. The van der Waals surface area contributed by atoms with Crippen molar-refractivity contribution in [2.45, 2.75) is 19.2 Å². The maximum absolute atomic E-state index is 12.6. The van der Waals surface area contributed by atoms with Crippen LogP contribution in [-0.2, 0) is 23.9 Å². The van der Waals surface area contributed by atoms with Gasteiger partial charge in [0.05, 0.1) is 17.9 Å². The second-order valence-corrected chi connectivity index (χ2v) is 4.49. The van der Waals surface area contributed by atoms with Gasteiger partial charge in [-0.15, -0.1) is 0 Å². The van der Waals surface area contributed by atoms with Gasteiger partial charge in [-0.05, 0) is 11.6 Å². The molecule has 1 heterocycles. The van der Waals surface area contributed by atoms with Gasteiger partial charge in [-0.3, -0.25) is 4.79 Å². The van der Waals surface area contributed by atoms with Gasteiger partial charge in [-0.2, -0.15) is 13.2 Å². The molecule has 4 nitrogen and oxygen atoms in total. The van der Waals surface area contributed by atoms with E-state index in [0.29, 0.717) is 17.1 Å². The highest BCUT2D eigenvalue weighted by atomic mass is 19.4. The van der Waals surface area contributed by atoms with Crippen LogP contribution in [0.4, 0.5) is 13.2 Å². The molecule has 0 unspecified atom stereocenters. The average molecular weight is 298 g/mol. The summed E-state index contributed by atoms with van der Waals surface area (Å²) in [5.41, 5.74) is -0.236. The van der Waals surface area contributed by atoms with Gasteiger partial charge in [0.1, 0.15) is 5.82 Å². The topological polar surface area (TPSA) is 55.0 Å². The maximum Gasteiger partial charge on any atom is 0.416 e. The van der Waals surface area contributed by atoms with Crippen molar-refractivity contribution in [2.24, 2.45) is 0 Å². The van der Waals surface area contributed by atoms with Gasteiger partial charge in [0.25, 0.3) is 5.56 Å². The summed E-state index contributed by atoms with van der Waals surface area (Å²) in [6.07, 6.45) is -4.29. The number of methoxy groups -OCH3 is 1. The highest BCUT2D eigenvalue weighted by Gasteiger charge is 2.30. The molecule has 0 amide bonds. The fourth-order valence-electron chi connectivity index (χ4n) is 1.92. The molecule has 1 N–H and O–H groups in total. The number of hydrogen-bond acceptors (Lipinski definition) is 3. The van der Waals surface area contributed by atoms with E-state index in [2.05, 4.69) is 9.97 Å². The van der Waals surface area contributed by atoms with Gasteiger partial charge in [-0.25, -0.2) is 4.98 Å². The van der Waals surface area contributed by atoms with Crippen LogP contribution in [0.15, 0.2) is 35.1 Å². The minimum absolute atomic E-state index is 0.108. The summed E-state index contributed by atoms with van der Waals surface area (Å²) < 4.78 is 42.8. The molecule has 0 bridgehead atoms. The molecule has 0 aliphatic rings. The number of benzene rings is 1. The smallest absolute Gasteiger partial charge is 0.378 e. The standard InChI is InChI=1S/C14H13F3N2O2/c1-21-8-11-7-13(20)19-12(18-11)6-9-3-2-4-10(5-9)14(15,16)17/h2-5,7H,6,8H2,1H3,(H,18,19,20). The summed E-state index contributed by atoms with van der Waals surface area (Å²) in [6, 6.07) is 6.22. The first-order valence-electron chi connectivity index (χ1n) is 6.12. The Kier molecular flexibility index (Phi) is 4.42. The molecule has 0 radical (unpaired) electrons. The Balaban J connectivity index is 2.28. The molecule has 112 valence electrons. The van der Waals surface area contributed by atoms with Gasteiger partial charge in [0, 0.05) is 19.6 Å². The molecule has 2 aromatic rings. The van der Waals surface area contributed by atoms with E-state index in [1.807, 2.05) is 0 Å². The first-order chi connectivity index (χ1) is 9.88. The molecule has 0 aliphatic heterocycles. The largest absolute Gasteiger partial charge is 0.416 e. The Bertz CT molecular complexity index is 680. The molecule has 0 aliphatic carbocycles. The zero-order valence-electron chi connectivity index (χ0n) is 11.2. The molecular formula is C14H13F3N2O2. The molecule has 0 atom stereocenters. The zero-order chi connectivity index (χ0) is 15.5. The van der Waals surface area contributed by atoms with E-state index in [9.17, 15) is 18.0 Å². The Labute approximate surface area is 118 Å². The van der Waals surface area contributed by atoms with Crippen LogP contribution in [0.1, 0.15) is 22.6 Å². The first-order valence-corrected chi connectivity index (χ1v) is 6.12. The quantitative estimate of drug-likeness (QED) is 0.943. The second kappa shape index (κ2) is 6.09. The fourth-order valence-corrected chi connectivity index (χ4v) is 1.92. The van der Waals surface area contributed by atoms with Crippen molar-refractivity contribution in [1.29, 1.82) is 0 Å². The predicted octanol–water partition coefficient (Wildman–Crippen LogP) is 2.53. The normalized spacial score (nSPS) is 11.6. The van der Waals surface area contributed by atoms with E-state index in [0.717, 1.165) is 12.1 Å². The SMILES string of the molecule is COCc1cc(=O)[nH]c(Cc2cccc(C(F)(F)F)c2)n1. The first kappa shape index (κ1) is 15.2. The van der Waals surface area contributed by atoms with Crippen LogP contribution in [-0.4, -0.2) is 17.1 Å². The van der Waals surface area contributed by atoms with Crippen LogP contribution in [0.5, 0.6) is 0 Å². The van der Waals surface area contributed by atoms with Gasteiger partial charge >= 0.3 is 6.18 Å². The van der Waals surface area contributed by atoms with E-state index in [1.165, 1.54) is 19.2 Å². The number of nitrogens with one attached hydrogen (secondary N) is 1.